The van der Waals surface area contributed by atoms with Crippen molar-refractivity contribution in [3.8, 4) is 22.5 Å². The molecule has 0 radical (unpaired) electrons. The van der Waals surface area contributed by atoms with Crippen LogP contribution in [0, 0.1) is 27.7 Å². The second-order valence-electron chi connectivity index (χ2n) is 25.0. The molecule has 2 fully saturated rings. The molecule has 4 amide bonds. The minimum atomic E-state index is -4.63. The normalized spacial score (nSPS) is 16.8. The lowest BCUT2D eigenvalue weighted by atomic mass is 9.86. The number of hydrogen-bond acceptors (Lipinski definition) is 14. The number of nitrogens with one attached hydrogen (secondary N) is 2. The number of fused-ring (bicyclic) bond motifs is 4. The average Bonchev–Trinajstić information content (AvgIpc) is 1.59. The smallest absolute Gasteiger partial charge is 0.415 e. The average molecular weight is 1310 g/mol. The second kappa shape index (κ2) is 28.3. The Bertz CT molecular complexity index is 4130. The van der Waals surface area contributed by atoms with Gasteiger partial charge in [-0.3, -0.25) is 28.0 Å². The van der Waals surface area contributed by atoms with Crippen LogP contribution in [0.4, 0.5) is 9.59 Å². The number of amides is 4. The number of phosphoric acid groups is 2. The van der Waals surface area contributed by atoms with E-state index in [1.165, 1.54) is 56.9 Å². The molecule has 0 spiro atoms. The van der Waals surface area contributed by atoms with Crippen molar-refractivity contribution >= 4 is 72.7 Å². The van der Waals surface area contributed by atoms with Crippen molar-refractivity contribution in [1.82, 2.24) is 48.9 Å². The first kappa shape index (κ1) is 68.7. The van der Waals surface area contributed by atoms with Crippen LogP contribution >= 0.6 is 15.6 Å². The molecule has 8 aromatic rings. The van der Waals surface area contributed by atoms with E-state index in [1.807, 2.05) is 23.8 Å². The summed E-state index contributed by atoms with van der Waals surface area (Å²) in [7, 11) is -6.34. The minimum absolute atomic E-state index is 0.0369. The number of pyridine rings is 2. The van der Waals surface area contributed by atoms with Crippen LogP contribution in [0.25, 0.3) is 55.6 Å². The molecule has 2 aliphatic heterocycles. The van der Waals surface area contributed by atoms with E-state index in [2.05, 4.69) is 124 Å². The third kappa shape index (κ3) is 15.9. The number of piperidine rings is 2. The van der Waals surface area contributed by atoms with Crippen LogP contribution in [-0.2, 0) is 44.0 Å². The fourth-order valence-electron chi connectivity index (χ4n) is 12.9. The highest BCUT2D eigenvalue weighted by Gasteiger charge is 2.38. The zero-order valence-electron chi connectivity index (χ0n) is 53.8. The third-order valence-electron chi connectivity index (χ3n) is 18.0. The van der Waals surface area contributed by atoms with Crippen molar-refractivity contribution in [2.45, 2.75) is 111 Å². The van der Waals surface area contributed by atoms with E-state index in [0.717, 1.165) is 106 Å². The highest BCUT2D eigenvalue weighted by Crippen LogP contribution is 2.43. The maximum Gasteiger partial charge on any atom is 0.469 e. The summed E-state index contributed by atoms with van der Waals surface area (Å²) in [5.41, 5.74) is 28.4. The number of nitrogens with zero attached hydrogens (tertiary/aromatic N) is 10. The number of H-pyrrole nitrogens is 2. The van der Waals surface area contributed by atoms with Crippen LogP contribution in [0.2, 0.25) is 0 Å². The van der Waals surface area contributed by atoms with Crippen LogP contribution in [-0.4, -0.2) is 183 Å². The SMILES string of the molecule is Cc1c(-c2[nH]c3ccc(C4CCN(CC(N)=O)CC4)cc3c2C(C)C)cn2nc[n+](COC(=O)N(C)CCOP(=O)(O)O)c2c1C.Cc1c(-c2[nH]c3ccc(C4CC[N+](COC(=O)N(C)CCOP(=O)(O)O)(CC(N)=O)CC4)cc3c2C(C)C)cn2ncnc2c1C. The second-order valence-corrected chi connectivity index (χ2v) is 27.5. The molecule has 10 rings (SSSR count). The fraction of sp³-hybridized carbons (Fsp3) is 0.484. The van der Waals surface area contributed by atoms with E-state index in [0.29, 0.717) is 25.6 Å². The number of aromatic nitrogens is 8. The summed E-state index contributed by atoms with van der Waals surface area (Å²) >= 11 is 0. The van der Waals surface area contributed by atoms with Gasteiger partial charge in [-0.2, -0.15) is 9.67 Å². The number of benzene rings is 2. The molecule has 0 saturated carbocycles. The molecule has 2 aromatic carbocycles. The summed E-state index contributed by atoms with van der Waals surface area (Å²) in [6.45, 7) is 19.4. The maximum atomic E-state index is 12.6. The van der Waals surface area contributed by atoms with Crippen LogP contribution < -0.4 is 16.0 Å². The largest absolute Gasteiger partial charge is 0.469 e. The number of phosphoric ester groups is 2. The maximum absolute atomic E-state index is 12.6. The molecule has 10 N–H and O–H groups in total. The number of primary amides is 2. The first-order chi connectivity index (χ1) is 43.4. The Morgan fingerprint density at radius 3 is 1.70 bits per heavy atom. The molecule has 92 heavy (non-hydrogen) atoms. The summed E-state index contributed by atoms with van der Waals surface area (Å²) in [6, 6.07) is 13.3. The molecule has 0 unspecified atom stereocenters. The van der Waals surface area contributed by atoms with Gasteiger partial charge in [0.2, 0.25) is 19.4 Å². The van der Waals surface area contributed by atoms with Crippen LogP contribution in [0.5, 0.6) is 0 Å². The molecule has 8 heterocycles. The number of carbonyl (C=O) groups is 4. The Labute approximate surface area is 532 Å². The molecule has 6 aromatic heterocycles. The highest BCUT2D eigenvalue weighted by molar-refractivity contribution is 7.46. The lowest BCUT2D eigenvalue weighted by Gasteiger charge is -2.42. The molecule has 0 bridgehead atoms. The minimum Gasteiger partial charge on any atom is -0.415 e. The van der Waals surface area contributed by atoms with Crippen molar-refractivity contribution < 1.29 is 75.5 Å². The van der Waals surface area contributed by atoms with E-state index in [9.17, 15) is 28.3 Å². The van der Waals surface area contributed by atoms with Gasteiger partial charge in [0, 0.05) is 89.8 Å². The molecule has 0 aliphatic carbocycles. The number of nitrogens with two attached hydrogens (primary N) is 2. The number of hydrogen-bond donors (Lipinski definition) is 8. The van der Waals surface area contributed by atoms with E-state index >= 15 is 0 Å². The quantitative estimate of drug-likeness (QED) is 0.0188. The molecular formula is C62H86N14O14P2+2. The van der Waals surface area contributed by atoms with Crippen molar-refractivity contribution in [2.75, 3.05) is 86.4 Å². The Kier molecular flexibility index (Phi) is 21.2. The predicted molar refractivity (Wildman–Crippen MR) is 343 cm³/mol. The van der Waals surface area contributed by atoms with Gasteiger partial charge in [0.25, 0.3) is 17.9 Å². The number of aromatic amines is 2. The van der Waals surface area contributed by atoms with Crippen molar-refractivity contribution in [3.63, 3.8) is 0 Å². The topological polar surface area (TPSA) is 365 Å². The van der Waals surface area contributed by atoms with E-state index in [1.54, 1.807) is 21.7 Å². The van der Waals surface area contributed by atoms with Gasteiger partial charge in [-0.15, -0.1) is 0 Å². The van der Waals surface area contributed by atoms with Gasteiger partial charge in [0.05, 0.1) is 44.2 Å². The Balaban J connectivity index is 0.000000217. The van der Waals surface area contributed by atoms with E-state index < -0.39 is 33.7 Å². The number of rotatable bonds is 22. The van der Waals surface area contributed by atoms with Gasteiger partial charge in [-0.05, 0) is 141 Å². The summed E-state index contributed by atoms with van der Waals surface area (Å²) in [5.74, 6) is 0.419. The molecule has 496 valence electrons. The third-order valence-corrected chi connectivity index (χ3v) is 19.0. The first-order valence-electron chi connectivity index (χ1n) is 30.7. The highest BCUT2D eigenvalue weighted by atomic mass is 31.2. The van der Waals surface area contributed by atoms with Crippen molar-refractivity contribution in [3.05, 3.63) is 106 Å². The van der Waals surface area contributed by atoms with Gasteiger partial charge in [-0.25, -0.2) is 28.2 Å². The monoisotopic (exact) mass is 1310 g/mol. The zero-order chi connectivity index (χ0) is 66.7. The van der Waals surface area contributed by atoms with Gasteiger partial charge < -0.3 is 60.3 Å². The van der Waals surface area contributed by atoms with Crippen LogP contribution in [0.1, 0.15) is 122 Å². The summed E-state index contributed by atoms with van der Waals surface area (Å²) in [5, 5.41) is 11.3. The molecule has 2 aliphatic rings. The predicted octanol–water partition coefficient (Wildman–Crippen LogP) is 7.24. The van der Waals surface area contributed by atoms with E-state index in [-0.39, 0.29) is 74.5 Å². The van der Waals surface area contributed by atoms with E-state index in [4.69, 9.17) is 40.5 Å². The number of ether oxygens (including phenoxy) is 2. The van der Waals surface area contributed by atoms with Gasteiger partial charge >= 0.3 is 27.8 Å². The van der Waals surface area contributed by atoms with Crippen LogP contribution in [0.15, 0.2) is 61.4 Å². The molecule has 30 heteroatoms. The van der Waals surface area contributed by atoms with Crippen LogP contribution in [0.3, 0.4) is 0 Å². The number of likely N-dealkylation sites (N-methyl/N-ethyl adjacent to an activating group) is 2. The summed E-state index contributed by atoms with van der Waals surface area (Å²) in [4.78, 5) is 100. The van der Waals surface area contributed by atoms with Gasteiger partial charge in [-0.1, -0.05) is 44.3 Å². The lowest BCUT2D eigenvalue weighted by molar-refractivity contribution is -0.941. The Morgan fingerprint density at radius 1 is 0.696 bits per heavy atom. The van der Waals surface area contributed by atoms with Crippen molar-refractivity contribution in [2.24, 2.45) is 11.5 Å². The molecule has 28 nitrogen and oxygen atoms in total. The van der Waals surface area contributed by atoms with Gasteiger partial charge in [0.1, 0.15) is 12.5 Å². The number of quaternary nitrogens is 1. The Hall–Kier alpha value is -7.62. The Morgan fingerprint density at radius 2 is 1.20 bits per heavy atom. The van der Waals surface area contributed by atoms with Crippen molar-refractivity contribution in [1.29, 1.82) is 0 Å². The fourth-order valence-corrected chi connectivity index (χ4v) is 13.5. The lowest BCUT2D eigenvalue weighted by Crippen LogP contribution is -2.58. The first-order valence-corrected chi connectivity index (χ1v) is 33.8. The number of aryl methyl sites for hydroxylation is 2. The standard InChI is InChI=1S/2C31H42N7O7P/c1-19(2)28-24-14-23(6-7-26(24)35-29(28)25-15-37-30(33-17-34-37)21(4)20(25)3)22-8-11-38(12-9-22,16-27(32)39)18-44-31(40)36(5)10-13-45-46(41,42)43;1-19(2)28-24-14-23(22-8-10-36(11-9-22)16-27(32)39)6-7-26(24)34-29(28)25-15-38-30(21(4)20(25)3)37(17-33-38)18-44-31(40)35(5)12-13-45-46(41,42)43/h6-7,14-15,17,19,22,35H,8-13,16,18H2,1-5H3,(H3-,32,39,41,42,43);6-7,14-15,17,19,22,34H,8-13,16,18H2,1-5H3,(H3-,32,39,41,42,43)/p+2. The number of carbonyl (C=O) groups excluding carboxylic acids is 4. The van der Waals surface area contributed by atoms with Gasteiger partial charge in [0.15, 0.2) is 12.2 Å². The number of likely N-dealkylation sites (tertiary alicyclic amines) is 2. The zero-order valence-corrected chi connectivity index (χ0v) is 55.6. The molecule has 0 atom stereocenters. The molecule has 2 saturated heterocycles. The summed E-state index contributed by atoms with van der Waals surface area (Å²) < 4.78 is 47.1. The molecular weight excluding hydrogens is 1230 g/mol. The summed E-state index contributed by atoms with van der Waals surface area (Å²) in [6.07, 6.45) is 9.39.